The Morgan fingerprint density at radius 2 is 2.13 bits per heavy atom. The van der Waals surface area contributed by atoms with E-state index in [0.717, 1.165) is 19.4 Å². The molecule has 0 aliphatic heterocycles. The summed E-state index contributed by atoms with van der Waals surface area (Å²) in [5.74, 6) is -0.0689. The first kappa shape index (κ1) is 13.9. The summed E-state index contributed by atoms with van der Waals surface area (Å²) >= 11 is 0. The SMILES string of the molecule is C=CCC(CCN(C)C)NC(=O)C(=C)C. The average Bonchev–Trinajstić information content (AvgIpc) is 2.14. The second kappa shape index (κ2) is 7.23. The molecule has 0 heterocycles. The monoisotopic (exact) mass is 210 g/mol. The molecule has 3 nitrogen and oxygen atoms in total. The minimum atomic E-state index is -0.0689. The van der Waals surface area contributed by atoms with Gasteiger partial charge in [0, 0.05) is 11.6 Å². The van der Waals surface area contributed by atoms with Crippen molar-refractivity contribution < 1.29 is 4.79 Å². The van der Waals surface area contributed by atoms with Crippen molar-refractivity contribution in [1.29, 1.82) is 0 Å². The summed E-state index contributed by atoms with van der Waals surface area (Å²) in [7, 11) is 4.04. The molecule has 0 bridgehead atoms. The van der Waals surface area contributed by atoms with E-state index in [9.17, 15) is 4.79 Å². The van der Waals surface area contributed by atoms with Crippen LogP contribution in [0.4, 0.5) is 0 Å². The van der Waals surface area contributed by atoms with Crippen LogP contribution in [0.1, 0.15) is 19.8 Å². The highest BCUT2D eigenvalue weighted by molar-refractivity contribution is 5.92. The van der Waals surface area contributed by atoms with E-state index in [-0.39, 0.29) is 11.9 Å². The van der Waals surface area contributed by atoms with Crippen LogP contribution < -0.4 is 5.32 Å². The first-order valence-electron chi connectivity index (χ1n) is 5.19. The van der Waals surface area contributed by atoms with Crippen molar-refractivity contribution in [3.8, 4) is 0 Å². The van der Waals surface area contributed by atoms with E-state index < -0.39 is 0 Å². The van der Waals surface area contributed by atoms with Gasteiger partial charge in [-0.3, -0.25) is 4.79 Å². The molecule has 0 aromatic heterocycles. The Hall–Kier alpha value is -1.09. The second-order valence-electron chi connectivity index (χ2n) is 4.07. The van der Waals surface area contributed by atoms with Gasteiger partial charge in [-0.15, -0.1) is 6.58 Å². The molecule has 0 saturated heterocycles. The van der Waals surface area contributed by atoms with Gasteiger partial charge in [0.1, 0.15) is 0 Å². The highest BCUT2D eigenvalue weighted by Crippen LogP contribution is 2.01. The van der Waals surface area contributed by atoms with Gasteiger partial charge >= 0.3 is 0 Å². The third-order valence-electron chi connectivity index (χ3n) is 2.10. The molecule has 1 amide bonds. The Balaban J connectivity index is 4.08. The van der Waals surface area contributed by atoms with Crippen LogP contribution in [-0.4, -0.2) is 37.5 Å². The maximum atomic E-state index is 11.4. The molecule has 0 aliphatic carbocycles. The summed E-state index contributed by atoms with van der Waals surface area (Å²) in [6.07, 6.45) is 3.56. The zero-order valence-corrected chi connectivity index (χ0v) is 10.0. The lowest BCUT2D eigenvalue weighted by molar-refractivity contribution is -0.118. The predicted octanol–water partition coefficient (Wildman–Crippen LogP) is 1.58. The molecule has 0 spiro atoms. The van der Waals surface area contributed by atoms with Crippen molar-refractivity contribution in [2.75, 3.05) is 20.6 Å². The van der Waals surface area contributed by atoms with Gasteiger partial charge in [0.05, 0.1) is 0 Å². The van der Waals surface area contributed by atoms with E-state index in [1.54, 1.807) is 6.92 Å². The van der Waals surface area contributed by atoms with E-state index in [1.807, 2.05) is 20.2 Å². The molecule has 0 radical (unpaired) electrons. The smallest absolute Gasteiger partial charge is 0.246 e. The fourth-order valence-corrected chi connectivity index (χ4v) is 1.17. The van der Waals surface area contributed by atoms with Crippen LogP contribution in [0.5, 0.6) is 0 Å². The first-order chi connectivity index (χ1) is 6.97. The van der Waals surface area contributed by atoms with Gasteiger partial charge in [0.15, 0.2) is 0 Å². The topological polar surface area (TPSA) is 32.3 Å². The summed E-state index contributed by atoms with van der Waals surface area (Å²) in [5.41, 5.74) is 0.550. The zero-order valence-electron chi connectivity index (χ0n) is 10.0. The van der Waals surface area contributed by atoms with Crippen LogP contribution in [0.2, 0.25) is 0 Å². The summed E-state index contributed by atoms with van der Waals surface area (Å²) in [4.78, 5) is 13.5. The highest BCUT2D eigenvalue weighted by Gasteiger charge is 2.11. The number of carbonyl (C=O) groups is 1. The molecule has 86 valence electrons. The number of rotatable bonds is 7. The number of amides is 1. The Morgan fingerprint density at radius 1 is 1.53 bits per heavy atom. The van der Waals surface area contributed by atoms with E-state index in [1.165, 1.54) is 0 Å². The molecular formula is C12H22N2O. The summed E-state index contributed by atoms with van der Waals surface area (Å²) in [6, 6.07) is 0.161. The van der Waals surface area contributed by atoms with Crippen LogP contribution in [0.15, 0.2) is 24.8 Å². The molecule has 0 fully saturated rings. The Kier molecular flexibility index (Phi) is 6.71. The number of hydrogen-bond acceptors (Lipinski definition) is 2. The van der Waals surface area contributed by atoms with Crippen molar-refractivity contribution >= 4 is 5.91 Å². The van der Waals surface area contributed by atoms with Crippen molar-refractivity contribution in [3.63, 3.8) is 0 Å². The Bertz CT molecular complexity index is 234. The fraction of sp³-hybridized carbons (Fsp3) is 0.583. The molecule has 1 N–H and O–H groups in total. The van der Waals surface area contributed by atoms with E-state index in [4.69, 9.17) is 0 Å². The Morgan fingerprint density at radius 3 is 2.53 bits per heavy atom. The van der Waals surface area contributed by atoms with Crippen molar-refractivity contribution in [3.05, 3.63) is 24.8 Å². The largest absolute Gasteiger partial charge is 0.349 e. The number of nitrogens with zero attached hydrogens (tertiary/aromatic N) is 1. The van der Waals surface area contributed by atoms with E-state index in [0.29, 0.717) is 5.57 Å². The molecule has 15 heavy (non-hydrogen) atoms. The van der Waals surface area contributed by atoms with E-state index >= 15 is 0 Å². The summed E-state index contributed by atoms with van der Waals surface area (Å²) in [6.45, 7) is 9.98. The molecule has 0 aromatic rings. The summed E-state index contributed by atoms with van der Waals surface area (Å²) < 4.78 is 0. The second-order valence-corrected chi connectivity index (χ2v) is 4.07. The lowest BCUT2D eigenvalue weighted by Crippen LogP contribution is -2.36. The van der Waals surface area contributed by atoms with Gasteiger partial charge in [-0.2, -0.15) is 0 Å². The minimum absolute atomic E-state index is 0.0689. The van der Waals surface area contributed by atoms with Crippen LogP contribution in [0.3, 0.4) is 0 Å². The molecular weight excluding hydrogens is 188 g/mol. The van der Waals surface area contributed by atoms with Crippen LogP contribution >= 0.6 is 0 Å². The molecule has 0 aromatic carbocycles. The third kappa shape index (κ3) is 6.91. The lowest BCUT2D eigenvalue weighted by Gasteiger charge is -2.19. The highest BCUT2D eigenvalue weighted by atomic mass is 16.1. The molecule has 0 aliphatic rings. The van der Waals surface area contributed by atoms with Gasteiger partial charge < -0.3 is 10.2 Å². The maximum Gasteiger partial charge on any atom is 0.246 e. The molecule has 1 unspecified atom stereocenters. The summed E-state index contributed by atoms with van der Waals surface area (Å²) in [5, 5.41) is 2.94. The number of carbonyl (C=O) groups excluding carboxylic acids is 1. The lowest BCUT2D eigenvalue weighted by atomic mass is 10.1. The van der Waals surface area contributed by atoms with Crippen molar-refractivity contribution in [2.45, 2.75) is 25.8 Å². The predicted molar refractivity (Wildman–Crippen MR) is 64.7 cm³/mol. The first-order valence-corrected chi connectivity index (χ1v) is 5.19. The minimum Gasteiger partial charge on any atom is -0.349 e. The zero-order chi connectivity index (χ0) is 11.8. The third-order valence-corrected chi connectivity index (χ3v) is 2.10. The standard InChI is InChI=1S/C12H22N2O/c1-6-7-11(8-9-14(4)5)13-12(15)10(2)3/h6,11H,1-2,7-9H2,3-5H3,(H,13,15). The number of hydrogen-bond donors (Lipinski definition) is 1. The van der Waals surface area contributed by atoms with Gasteiger partial charge in [0.25, 0.3) is 0 Å². The van der Waals surface area contributed by atoms with Gasteiger partial charge in [0.2, 0.25) is 5.91 Å². The quantitative estimate of drug-likeness (QED) is 0.511. The molecule has 0 rings (SSSR count). The number of nitrogens with one attached hydrogen (secondary N) is 1. The fourth-order valence-electron chi connectivity index (χ4n) is 1.17. The van der Waals surface area contributed by atoms with Gasteiger partial charge in [-0.25, -0.2) is 0 Å². The van der Waals surface area contributed by atoms with Crippen molar-refractivity contribution in [2.24, 2.45) is 0 Å². The van der Waals surface area contributed by atoms with Crippen LogP contribution in [0.25, 0.3) is 0 Å². The molecule has 1 atom stereocenters. The van der Waals surface area contributed by atoms with Gasteiger partial charge in [-0.1, -0.05) is 12.7 Å². The van der Waals surface area contributed by atoms with Crippen molar-refractivity contribution in [1.82, 2.24) is 10.2 Å². The van der Waals surface area contributed by atoms with Crippen LogP contribution in [0, 0.1) is 0 Å². The molecule has 0 saturated carbocycles. The van der Waals surface area contributed by atoms with Crippen LogP contribution in [-0.2, 0) is 4.79 Å². The average molecular weight is 210 g/mol. The molecule has 3 heteroatoms. The maximum absolute atomic E-state index is 11.4. The van der Waals surface area contributed by atoms with Gasteiger partial charge in [-0.05, 0) is 40.4 Å². The van der Waals surface area contributed by atoms with E-state index in [2.05, 4.69) is 23.4 Å². The normalized spacial score (nSPS) is 12.3. The Labute approximate surface area is 92.8 Å².